The molecule has 1 amide bonds. The predicted octanol–water partition coefficient (Wildman–Crippen LogP) is 1.56. The van der Waals surface area contributed by atoms with Crippen molar-refractivity contribution in [1.29, 1.82) is 0 Å². The Bertz CT molecular complexity index is 384. The Hall–Kier alpha value is -0.810. The van der Waals surface area contributed by atoms with E-state index in [1.54, 1.807) is 6.92 Å². The van der Waals surface area contributed by atoms with E-state index in [0.29, 0.717) is 6.54 Å². The molecule has 0 aromatic heterocycles. The molecule has 0 bridgehead atoms. The fourth-order valence-corrected chi connectivity index (χ4v) is 1.57. The monoisotopic (exact) mass is 307 g/mol. The topological polar surface area (TPSA) is 58.4 Å². The SMILES string of the molecule is C[C@@H](N)C(=O)NCc1ccccc1CN(C)C.Cl.Cl. The van der Waals surface area contributed by atoms with E-state index in [4.69, 9.17) is 5.73 Å². The number of amides is 1. The van der Waals surface area contributed by atoms with E-state index < -0.39 is 6.04 Å². The largest absolute Gasteiger partial charge is 0.351 e. The minimum Gasteiger partial charge on any atom is -0.351 e. The molecular weight excluding hydrogens is 285 g/mol. The molecule has 0 aliphatic heterocycles. The Kier molecular flexibility index (Phi) is 10.8. The van der Waals surface area contributed by atoms with Gasteiger partial charge in [0.15, 0.2) is 0 Å². The molecule has 19 heavy (non-hydrogen) atoms. The third-order valence-electron chi connectivity index (χ3n) is 2.47. The predicted molar refractivity (Wildman–Crippen MR) is 83.8 cm³/mol. The molecule has 0 radical (unpaired) electrons. The molecule has 0 aliphatic carbocycles. The van der Waals surface area contributed by atoms with Gasteiger partial charge in [0, 0.05) is 13.1 Å². The molecule has 4 nitrogen and oxygen atoms in total. The summed E-state index contributed by atoms with van der Waals surface area (Å²) in [5.41, 5.74) is 7.86. The smallest absolute Gasteiger partial charge is 0.236 e. The summed E-state index contributed by atoms with van der Waals surface area (Å²) in [7, 11) is 4.05. The van der Waals surface area contributed by atoms with Crippen LogP contribution in [0.1, 0.15) is 18.1 Å². The molecular formula is C13H23Cl2N3O. The Labute approximate surface area is 127 Å². The van der Waals surface area contributed by atoms with Crippen molar-refractivity contribution in [2.45, 2.75) is 26.1 Å². The third-order valence-corrected chi connectivity index (χ3v) is 2.47. The zero-order valence-corrected chi connectivity index (χ0v) is 13.2. The van der Waals surface area contributed by atoms with Gasteiger partial charge in [0.25, 0.3) is 0 Å². The van der Waals surface area contributed by atoms with Gasteiger partial charge in [-0.3, -0.25) is 4.79 Å². The third kappa shape index (κ3) is 7.38. The first-order valence-electron chi connectivity index (χ1n) is 5.75. The number of rotatable bonds is 5. The minimum atomic E-state index is -0.462. The van der Waals surface area contributed by atoms with Crippen LogP contribution in [0.15, 0.2) is 24.3 Å². The quantitative estimate of drug-likeness (QED) is 0.868. The van der Waals surface area contributed by atoms with Gasteiger partial charge in [-0.05, 0) is 32.1 Å². The summed E-state index contributed by atoms with van der Waals surface area (Å²) < 4.78 is 0. The van der Waals surface area contributed by atoms with Gasteiger partial charge in [-0.1, -0.05) is 24.3 Å². The summed E-state index contributed by atoms with van der Waals surface area (Å²) in [5.74, 6) is -0.121. The lowest BCUT2D eigenvalue weighted by atomic mass is 10.1. The molecule has 0 aliphatic rings. The summed E-state index contributed by atoms with van der Waals surface area (Å²) in [5, 5.41) is 2.83. The van der Waals surface area contributed by atoms with Crippen LogP contribution >= 0.6 is 24.8 Å². The number of hydrogen-bond donors (Lipinski definition) is 2. The zero-order chi connectivity index (χ0) is 12.8. The van der Waals surface area contributed by atoms with Crippen molar-refractivity contribution < 1.29 is 4.79 Å². The number of benzene rings is 1. The Morgan fingerprint density at radius 2 is 1.79 bits per heavy atom. The van der Waals surface area contributed by atoms with Gasteiger partial charge >= 0.3 is 0 Å². The first-order valence-corrected chi connectivity index (χ1v) is 5.75. The van der Waals surface area contributed by atoms with Gasteiger partial charge in [0.05, 0.1) is 6.04 Å². The van der Waals surface area contributed by atoms with Crippen LogP contribution in [0.25, 0.3) is 0 Å². The number of nitrogens with one attached hydrogen (secondary N) is 1. The highest BCUT2D eigenvalue weighted by molar-refractivity contribution is 5.85. The van der Waals surface area contributed by atoms with E-state index in [2.05, 4.69) is 16.3 Å². The van der Waals surface area contributed by atoms with E-state index in [1.165, 1.54) is 5.56 Å². The van der Waals surface area contributed by atoms with Gasteiger partial charge in [-0.15, -0.1) is 24.8 Å². The lowest BCUT2D eigenvalue weighted by molar-refractivity contribution is -0.122. The Morgan fingerprint density at radius 3 is 2.26 bits per heavy atom. The molecule has 3 N–H and O–H groups in total. The van der Waals surface area contributed by atoms with Crippen LogP contribution in [0.2, 0.25) is 0 Å². The van der Waals surface area contributed by atoms with Crippen molar-refractivity contribution in [3.63, 3.8) is 0 Å². The molecule has 1 rings (SSSR count). The van der Waals surface area contributed by atoms with Gasteiger partial charge in [-0.2, -0.15) is 0 Å². The zero-order valence-electron chi connectivity index (χ0n) is 11.6. The van der Waals surface area contributed by atoms with Gasteiger partial charge in [-0.25, -0.2) is 0 Å². The molecule has 0 fully saturated rings. The average Bonchev–Trinajstić information content (AvgIpc) is 2.26. The van der Waals surface area contributed by atoms with E-state index >= 15 is 0 Å². The molecule has 1 atom stereocenters. The molecule has 1 aromatic carbocycles. The summed E-state index contributed by atoms with van der Waals surface area (Å²) >= 11 is 0. The second-order valence-electron chi connectivity index (χ2n) is 4.51. The number of hydrogen-bond acceptors (Lipinski definition) is 3. The lowest BCUT2D eigenvalue weighted by Crippen LogP contribution is -2.38. The van der Waals surface area contributed by atoms with E-state index in [0.717, 1.165) is 12.1 Å². The van der Waals surface area contributed by atoms with Gasteiger partial charge in [0.1, 0.15) is 0 Å². The van der Waals surface area contributed by atoms with Crippen LogP contribution < -0.4 is 11.1 Å². The van der Waals surface area contributed by atoms with Crippen LogP contribution in [0, 0.1) is 0 Å². The summed E-state index contributed by atoms with van der Waals surface area (Å²) in [4.78, 5) is 13.5. The highest BCUT2D eigenvalue weighted by atomic mass is 35.5. The maximum atomic E-state index is 11.4. The van der Waals surface area contributed by atoms with Crippen LogP contribution in [-0.4, -0.2) is 30.9 Å². The fourth-order valence-electron chi connectivity index (χ4n) is 1.57. The van der Waals surface area contributed by atoms with Crippen molar-refractivity contribution in [3.05, 3.63) is 35.4 Å². The van der Waals surface area contributed by atoms with Gasteiger partial charge < -0.3 is 16.0 Å². The summed E-state index contributed by atoms with van der Waals surface area (Å²) in [6.45, 7) is 3.08. The van der Waals surface area contributed by atoms with Crippen molar-refractivity contribution in [1.82, 2.24) is 10.2 Å². The van der Waals surface area contributed by atoms with Crippen molar-refractivity contribution in [2.24, 2.45) is 5.73 Å². The van der Waals surface area contributed by atoms with Crippen molar-refractivity contribution >= 4 is 30.7 Å². The Morgan fingerprint density at radius 1 is 1.26 bits per heavy atom. The second-order valence-corrected chi connectivity index (χ2v) is 4.51. The molecule has 1 aromatic rings. The molecule has 0 unspecified atom stereocenters. The number of carbonyl (C=O) groups is 1. The maximum absolute atomic E-state index is 11.4. The van der Waals surface area contributed by atoms with Crippen molar-refractivity contribution in [3.8, 4) is 0 Å². The van der Waals surface area contributed by atoms with E-state index in [9.17, 15) is 4.79 Å². The van der Waals surface area contributed by atoms with E-state index in [1.807, 2.05) is 32.3 Å². The second kappa shape index (κ2) is 10.0. The number of nitrogens with two attached hydrogens (primary N) is 1. The molecule has 0 saturated heterocycles. The fraction of sp³-hybridized carbons (Fsp3) is 0.462. The molecule has 0 spiro atoms. The molecule has 6 heteroatoms. The number of carbonyl (C=O) groups excluding carboxylic acids is 1. The van der Waals surface area contributed by atoms with Crippen LogP contribution in [0.5, 0.6) is 0 Å². The normalized spacial score (nSPS) is 11.2. The van der Waals surface area contributed by atoms with E-state index in [-0.39, 0.29) is 30.7 Å². The highest BCUT2D eigenvalue weighted by Crippen LogP contribution is 2.10. The first-order chi connectivity index (χ1) is 8.00. The lowest BCUT2D eigenvalue weighted by Gasteiger charge is -2.15. The van der Waals surface area contributed by atoms with Gasteiger partial charge in [0.2, 0.25) is 5.91 Å². The number of nitrogens with zero attached hydrogens (tertiary/aromatic N) is 1. The Balaban J connectivity index is 0. The minimum absolute atomic E-state index is 0. The summed E-state index contributed by atoms with van der Waals surface area (Å²) in [6.07, 6.45) is 0. The van der Waals surface area contributed by atoms with Crippen molar-refractivity contribution in [2.75, 3.05) is 14.1 Å². The molecule has 110 valence electrons. The average molecular weight is 308 g/mol. The maximum Gasteiger partial charge on any atom is 0.236 e. The highest BCUT2D eigenvalue weighted by Gasteiger charge is 2.08. The first kappa shape index (κ1) is 20.5. The van der Waals surface area contributed by atoms with Crippen LogP contribution in [-0.2, 0) is 17.9 Å². The standard InChI is InChI=1S/C13H21N3O.2ClH/c1-10(14)13(17)15-8-11-6-4-5-7-12(11)9-16(2)3;;/h4-7,10H,8-9,14H2,1-3H3,(H,15,17);2*1H/t10-;;/m1../s1. The number of halogens is 2. The van der Waals surface area contributed by atoms with Crippen LogP contribution in [0.3, 0.4) is 0 Å². The van der Waals surface area contributed by atoms with Crippen LogP contribution in [0.4, 0.5) is 0 Å². The molecule has 0 saturated carbocycles. The summed E-state index contributed by atoms with van der Waals surface area (Å²) in [6, 6.07) is 7.63. The molecule has 0 heterocycles.